The van der Waals surface area contributed by atoms with Gasteiger partial charge in [0.15, 0.2) is 0 Å². The lowest BCUT2D eigenvalue weighted by Gasteiger charge is -2.20. The maximum atomic E-state index is 11.7. The van der Waals surface area contributed by atoms with Crippen LogP contribution < -0.4 is 5.32 Å². The summed E-state index contributed by atoms with van der Waals surface area (Å²) in [4.78, 5) is 30.5. The molecule has 1 aromatic rings. The Morgan fingerprint density at radius 3 is 2.53 bits per heavy atom. The van der Waals surface area contributed by atoms with Gasteiger partial charge in [-0.1, -0.05) is 20.3 Å². The van der Waals surface area contributed by atoms with Crippen molar-refractivity contribution in [3.63, 3.8) is 0 Å². The van der Waals surface area contributed by atoms with Crippen molar-refractivity contribution in [1.29, 1.82) is 0 Å². The molecule has 0 aliphatic heterocycles. The minimum atomic E-state index is -0.995. The van der Waals surface area contributed by atoms with Crippen molar-refractivity contribution < 1.29 is 14.7 Å². The largest absolute Gasteiger partial charge is 0.480 e. The van der Waals surface area contributed by atoms with Crippen molar-refractivity contribution in [3.05, 3.63) is 24.3 Å². The number of rotatable bonds is 7. The number of carboxylic acids is 1. The summed E-state index contributed by atoms with van der Waals surface area (Å²) in [6.45, 7) is 3.71. The first-order valence-electron chi connectivity index (χ1n) is 6.30. The van der Waals surface area contributed by atoms with Crippen molar-refractivity contribution in [2.24, 2.45) is 5.92 Å². The number of hydrogen-bond acceptors (Lipinski definition) is 4. The summed E-state index contributed by atoms with van der Waals surface area (Å²) >= 11 is 0. The molecule has 19 heavy (non-hydrogen) atoms. The summed E-state index contributed by atoms with van der Waals surface area (Å²) in [5.41, 5.74) is 0.855. The van der Waals surface area contributed by atoms with E-state index in [0.717, 1.165) is 5.56 Å². The van der Waals surface area contributed by atoms with Crippen LogP contribution in [0, 0.1) is 5.92 Å². The van der Waals surface area contributed by atoms with E-state index in [1.165, 1.54) is 6.33 Å². The normalized spacial score (nSPS) is 13.6. The monoisotopic (exact) mass is 265 g/mol. The number of carboxylic acid groups (broad SMARTS) is 1. The van der Waals surface area contributed by atoms with Crippen molar-refractivity contribution in [2.45, 2.75) is 39.2 Å². The Hall–Kier alpha value is -1.98. The molecular weight excluding hydrogens is 246 g/mol. The van der Waals surface area contributed by atoms with E-state index in [4.69, 9.17) is 5.11 Å². The van der Waals surface area contributed by atoms with Gasteiger partial charge in [0.05, 0.1) is 0 Å². The predicted octanol–water partition coefficient (Wildman–Crippen LogP) is 1.02. The van der Waals surface area contributed by atoms with E-state index < -0.39 is 12.0 Å². The average molecular weight is 265 g/mol. The summed E-state index contributed by atoms with van der Waals surface area (Å²) < 4.78 is 0. The third-order valence-corrected chi connectivity index (χ3v) is 3.05. The van der Waals surface area contributed by atoms with Gasteiger partial charge < -0.3 is 10.4 Å². The minimum Gasteiger partial charge on any atom is -0.480 e. The van der Waals surface area contributed by atoms with E-state index in [0.29, 0.717) is 12.8 Å². The van der Waals surface area contributed by atoms with Crippen LogP contribution in [0.4, 0.5) is 0 Å². The zero-order valence-electron chi connectivity index (χ0n) is 11.2. The molecule has 0 saturated heterocycles. The number of carbonyl (C=O) groups is 2. The van der Waals surface area contributed by atoms with Crippen LogP contribution in [0.3, 0.4) is 0 Å². The fourth-order valence-corrected chi connectivity index (χ4v) is 1.65. The second kappa shape index (κ2) is 7.45. The van der Waals surface area contributed by atoms with Crippen LogP contribution in [0.2, 0.25) is 0 Å². The van der Waals surface area contributed by atoms with E-state index in [1.807, 2.05) is 13.8 Å². The molecule has 0 bridgehead atoms. The number of carbonyl (C=O) groups excluding carboxylic acids is 1. The fourth-order valence-electron chi connectivity index (χ4n) is 1.65. The quantitative estimate of drug-likeness (QED) is 0.768. The SMILES string of the molecule is CC[C@@H](C)[C@@H](NC(=O)CCc1cncnc1)C(=O)O. The molecule has 0 radical (unpaired) electrons. The van der Waals surface area contributed by atoms with Gasteiger partial charge >= 0.3 is 5.97 Å². The van der Waals surface area contributed by atoms with Crippen LogP contribution in [0.15, 0.2) is 18.7 Å². The third kappa shape index (κ3) is 5.03. The highest BCUT2D eigenvalue weighted by Gasteiger charge is 2.24. The summed E-state index contributed by atoms with van der Waals surface area (Å²) in [5.74, 6) is -1.36. The maximum Gasteiger partial charge on any atom is 0.326 e. The van der Waals surface area contributed by atoms with Gasteiger partial charge in [0, 0.05) is 18.8 Å². The molecule has 0 saturated carbocycles. The van der Waals surface area contributed by atoms with Crippen molar-refractivity contribution in [3.8, 4) is 0 Å². The van der Waals surface area contributed by atoms with E-state index in [1.54, 1.807) is 12.4 Å². The molecule has 0 aliphatic carbocycles. The first kappa shape index (κ1) is 15.1. The minimum absolute atomic E-state index is 0.0958. The molecule has 6 nitrogen and oxygen atoms in total. The Labute approximate surface area is 112 Å². The van der Waals surface area contributed by atoms with E-state index in [9.17, 15) is 9.59 Å². The fraction of sp³-hybridized carbons (Fsp3) is 0.538. The summed E-state index contributed by atoms with van der Waals surface area (Å²) in [6.07, 6.45) is 6.14. The third-order valence-electron chi connectivity index (χ3n) is 3.05. The number of amides is 1. The van der Waals surface area contributed by atoms with Crippen LogP contribution in [0.5, 0.6) is 0 Å². The van der Waals surface area contributed by atoms with E-state index in [-0.39, 0.29) is 18.2 Å². The number of hydrogen-bond donors (Lipinski definition) is 2. The summed E-state index contributed by atoms with van der Waals surface area (Å²) in [5, 5.41) is 11.6. The molecule has 0 aliphatic rings. The van der Waals surface area contributed by atoms with E-state index >= 15 is 0 Å². The molecular formula is C13H19N3O3. The number of nitrogens with zero attached hydrogens (tertiary/aromatic N) is 2. The molecule has 0 fully saturated rings. The molecule has 6 heteroatoms. The molecule has 0 unspecified atom stereocenters. The maximum absolute atomic E-state index is 11.7. The topological polar surface area (TPSA) is 92.2 Å². The van der Waals surface area contributed by atoms with Gasteiger partial charge in [-0.25, -0.2) is 14.8 Å². The first-order chi connectivity index (χ1) is 9.04. The number of nitrogens with one attached hydrogen (secondary N) is 1. The van der Waals surface area contributed by atoms with Gasteiger partial charge in [0.2, 0.25) is 5.91 Å². The lowest BCUT2D eigenvalue weighted by Crippen LogP contribution is -2.45. The standard InChI is InChI=1S/C13H19N3O3/c1-3-9(2)12(13(18)19)16-11(17)5-4-10-6-14-8-15-7-10/h6-9,12H,3-5H2,1-2H3,(H,16,17)(H,18,19)/t9-,12-/m1/s1. The van der Waals surface area contributed by atoms with Crippen molar-refractivity contribution in [1.82, 2.24) is 15.3 Å². The Morgan fingerprint density at radius 1 is 1.37 bits per heavy atom. The van der Waals surface area contributed by atoms with Gasteiger partial charge in [0.1, 0.15) is 12.4 Å². The van der Waals surface area contributed by atoms with Gasteiger partial charge in [-0.15, -0.1) is 0 Å². The summed E-state index contributed by atoms with van der Waals surface area (Å²) in [7, 11) is 0. The predicted molar refractivity (Wildman–Crippen MR) is 69.4 cm³/mol. The Morgan fingerprint density at radius 2 is 2.00 bits per heavy atom. The van der Waals surface area contributed by atoms with Crippen molar-refractivity contribution in [2.75, 3.05) is 0 Å². The molecule has 2 N–H and O–H groups in total. The van der Waals surface area contributed by atoms with Crippen molar-refractivity contribution >= 4 is 11.9 Å². The van der Waals surface area contributed by atoms with Gasteiger partial charge in [-0.05, 0) is 17.9 Å². The molecule has 1 aromatic heterocycles. The Kier molecular flexibility index (Phi) is 5.92. The average Bonchev–Trinajstić information content (AvgIpc) is 2.42. The lowest BCUT2D eigenvalue weighted by atomic mass is 9.99. The van der Waals surface area contributed by atoms with Crippen LogP contribution in [-0.2, 0) is 16.0 Å². The second-order valence-electron chi connectivity index (χ2n) is 4.52. The smallest absolute Gasteiger partial charge is 0.326 e. The number of aliphatic carboxylic acids is 1. The molecule has 1 heterocycles. The Balaban J connectivity index is 2.47. The Bertz CT molecular complexity index is 422. The number of aryl methyl sites for hydroxylation is 1. The van der Waals surface area contributed by atoms with E-state index in [2.05, 4.69) is 15.3 Å². The molecule has 0 aromatic carbocycles. The zero-order valence-corrected chi connectivity index (χ0v) is 11.2. The molecule has 1 amide bonds. The zero-order chi connectivity index (χ0) is 14.3. The molecule has 0 spiro atoms. The van der Waals surface area contributed by atoms with Crippen LogP contribution in [0.25, 0.3) is 0 Å². The second-order valence-corrected chi connectivity index (χ2v) is 4.52. The highest BCUT2D eigenvalue weighted by Crippen LogP contribution is 2.08. The highest BCUT2D eigenvalue weighted by molar-refractivity contribution is 5.83. The van der Waals surface area contributed by atoms with Gasteiger partial charge in [-0.2, -0.15) is 0 Å². The highest BCUT2D eigenvalue weighted by atomic mass is 16.4. The van der Waals surface area contributed by atoms with Crippen LogP contribution in [-0.4, -0.2) is 33.0 Å². The number of aromatic nitrogens is 2. The van der Waals surface area contributed by atoms with Crippen LogP contribution >= 0.6 is 0 Å². The molecule has 1 rings (SSSR count). The summed E-state index contributed by atoms with van der Waals surface area (Å²) in [6, 6.07) is -0.829. The molecule has 104 valence electrons. The van der Waals surface area contributed by atoms with Crippen LogP contribution in [0.1, 0.15) is 32.3 Å². The first-order valence-corrected chi connectivity index (χ1v) is 6.30. The molecule has 2 atom stereocenters. The lowest BCUT2D eigenvalue weighted by molar-refractivity contribution is -0.143. The van der Waals surface area contributed by atoms with Gasteiger partial charge in [0.25, 0.3) is 0 Å². The van der Waals surface area contributed by atoms with Gasteiger partial charge in [-0.3, -0.25) is 4.79 Å².